The average molecular weight is 717 g/mol. The van der Waals surface area contributed by atoms with E-state index in [0.717, 1.165) is 12.1 Å². The van der Waals surface area contributed by atoms with Crippen LogP contribution in [0.4, 0.5) is 61.5 Å². The van der Waals surface area contributed by atoms with Crippen molar-refractivity contribution in [3.05, 3.63) is 68.2 Å². The third kappa shape index (κ3) is 7.94. The van der Waals surface area contributed by atoms with Crippen LogP contribution in [0.5, 0.6) is 0 Å². The van der Waals surface area contributed by atoms with E-state index in [-0.39, 0.29) is 18.1 Å². The molecule has 1 N–H and O–H groups in total. The monoisotopic (exact) mass is 716 g/mol. The molecule has 2 rings (SSSR count). The van der Waals surface area contributed by atoms with Crippen molar-refractivity contribution < 1.29 is 66.6 Å². The van der Waals surface area contributed by atoms with E-state index in [1.54, 1.807) is 41.5 Å². The molecular formula is C28H28Cl2F14O. The third-order valence-corrected chi connectivity index (χ3v) is 7.79. The summed E-state index contributed by atoms with van der Waals surface area (Å²) in [4.78, 5) is 0. The lowest BCUT2D eigenvalue weighted by atomic mass is 9.76. The Kier molecular flexibility index (Phi) is 11.4. The maximum Gasteiger partial charge on any atom is 0.430 e. The van der Waals surface area contributed by atoms with Crippen LogP contribution < -0.4 is 0 Å². The van der Waals surface area contributed by atoms with Gasteiger partial charge in [0.15, 0.2) is 5.41 Å². The van der Waals surface area contributed by atoms with Crippen LogP contribution >= 0.6 is 23.2 Å². The van der Waals surface area contributed by atoms with Crippen molar-refractivity contribution >= 4 is 23.2 Å². The molecule has 0 saturated carbocycles. The highest BCUT2D eigenvalue weighted by Crippen LogP contribution is 2.54. The minimum absolute atomic E-state index is 0.00273. The van der Waals surface area contributed by atoms with Crippen molar-refractivity contribution in [2.75, 3.05) is 0 Å². The Morgan fingerprint density at radius 1 is 0.533 bits per heavy atom. The Morgan fingerprint density at radius 2 is 0.867 bits per heavy atom. The summed E-state index contributed by atoms with van der Waals surface area (Å²) in [5, 5.41) is 7.92. The normalized spacial score (nSPS) is 14.4. The molecule has 17 heteroatoms. The molecule has 2 aromatic rings. The van der Waals surface area contributed by atoms with Crippen molar-refractivity contribution in [3.8, 4) is 0 Å². The summed E-state index contributed by atoms with van der Waals surface area (Å²) < 4.78 is 182. The number of benzene rings is 2. The van der Waals surface area contributed by atoms with E-state index in [2.05, 4.69) is 0 Å². The zero-order valence-electron chi connectivity index (χ0n) is 24.5. The van der Waals surface area contributed by atoms with E-state index in [1.165, 1.54) is 0 Å². The maximum atomic E-state index is 13.2. The van der Waals surface area contributed by atoms with Gasteiger partial charge in [-0.25, -0.2) is 8.78 Å². The number of halogens is 16. The lowest BCUT2D eigenvalue weighted by Crippen LogP contribution is -2.54. The van der Waals surface area contributed by atoms with Gasteiger partial charge in [-0.1, -0.05) is 89.0 Å². The number of rotatable bonds is 3. The standard InChI is InChI=1S/C15H16F8.C13H12Cl2F6O/c1-12(2,3)10-6-5-8(7-9(10)11(16)17)13(4,14(18,19)20)15(21,22)23;1-10(2,3)6-4-5-7(9(15)8(6)14)11(22,12(16,17)18)13(19,20)21/h5-7,11H,1-4H3;4-5,22H,1-3H3. The Balaban J connectivity index is 0.000000450. The second kappa shape index (κ2) is 12.6. The third-order valence-electron chi connectivity index (χ3n) is 6.91. The molecule has 1 nitrogen and oxygen atoms in total. The first-order valence-corrected chi connectivity index (χ1v) is 13.2. The quantitative estimate of drug-likeness (QED) is 0.314. The van der Waals surface area contributed by atoms with Gasteiger partial charge in [-0.3, -0.25) is 0 Å². The van der Waals surface area contributed by atoms with Gasteiger partial charge in [-0.2, -0.15) is 52.7 Å². The fourth-order valence-corrected chi connectivity index (χ4v) is 4.85. The molecule has 0 radical (unpaired) electrons. The van der Waals surface area contributed by atoms with Crippen LogP contribution in [0.1, 0.15) is 82.7 Å². The van der Waals surface area contributed by atoms with Gasteiger partial charge in [0.2, 0.25) is 0 Å². The molecular weight excluding hydrogens is 689 g/mol. The SMILES string of the molecule is CC(C)(C)c1ccc(C(C)(C(F)(F)F)C(F)(F)F)cc1C(F)F.CC(C)(C)c1ccc(C(O)(C(F)(F)F)C(F)(F)F)c(Cl)c1Cl. The van der Waals surface area contributed by atoms with Crippen molar-refractivity contribution in [3.63, 3.8) is 0 Å². The zero-order chi connectivity index (χ0) is 36.2. The summed E-state index contributed by atoms with van der Waals surface area (Å²) in [5.41, 5.74) is -14.2. The van der Waals surface area contributed by atoms with Gasteiger partial charge in [0.25, 0.3) is 12.0 Å². The van der Waals surface area contributed by atoms with Crippen molar-refractivity contribution in [1.29, 1.82) is 0 Å². The molecule has 0 aliphatic carbocycles. The van der Waals surface area contributed by atoms with Crippen molar-refractivity contribution in [2.24, 2.45) is 0 Å². The molecule has 0 bridgehead atoms. The first-order valence-electron chi connectivity index (χ1n) is 12.5. The minimum Gasteiger partial charge on any atom is -0.369 e. The lowest BCUT2D eigenvalue weighted by molar-refractivity contribution is -0.376. The molecule has 0 aliphatic heterocycles. The molecule has 0 heterocycles. The summed E-state index contributed by atoms with van der Waals surface area (Å²) >= 11 is 11.4. The summed E-state index contributed by atoms with van der Waals surface area (Å²) in [7, 11) is 0. The summed E-state index contributed by atoms with van der Waals surface area (Å²) in [6.45, 7) is 9.55. The molecule has 258 valence electrons. The number of hydrogen-bond donors (Lipinski definition) is 1. The second-order valence-electron chi connectivity index (χ2n) is 12.2. The van der Waals surface area contributed by atoms with Crippen LogP contribution in [-0.2, 0) is 21.8 Å². The molecule has 45 heavy (non-hydrogen) atoms. The van der Waals surface area contributed by atoms with E-state index in [1.807, 2.05) is 0 Å². The maximum absolute atomic E-state index is 13.2. The molecule has 0 amide bonds. The highest BCUT2D eigenvalue weighted by molar-refractivity contribution is 6.43. The van der Waals surface area contributed by atoms with E-state index < -0.39 is 79.7 Å². The molecule has 0 fully saturated rings. The van der Waals surface area contributed by atoms with Crippen LogP contribution in [0, 0.1) is 0 Å². The smallest absolute Gasteiger partial charge is 0.369 e. The predicted molar refractivity (Wildman–Crippen MR) is 141 cm³/mol. The molecule has 0 aliphatic rings. The second-order valence-corrected chi connectivity index (χ2v) is 13.0. The molecule has 0 spiro atoms. The van der Waals surface area contributed by atoms with Gasteiger partial charge in [0.1, 0.15) is 0 Å². The van der Waals surface area contributed by atoms with Gasteiger partial charge >= 0.3 is 24.7 Å². The van der Waals surface area contributed by atoms with E-state index in [9.17, 15) is 66.6 Å². The molecule has 0 aromatic heterocycles. The highest BCUT2D eigenvalue weighted by Gasteiger charge is 2.72. The van der Waals surface area contributed by atoms with Gasteiger partial charge in [-0.05, 0) is 40.5 Å². The van der Waals surface area contributed by atoms with E-state index in [0.29, 0.717) is 18.2 Å². The Labute approximate surface area is 259 Å². The molecule has 0 atom stereocenters. The zero-order valence-corrected chi connectivity index (χ0v) is 26.0. The summed E-state index contributed by atoms with van der Waals surface area (Å²) in [6, 6.07) is 3.33. The fraction of sp³-hybridized carbons (Fsp3) is 0.571. The van der Waals surface area contributed by atoms with Crippen LogP contribution in [0.15, 0.2) is 30.3 Å². The number of aliphatic hydroxyl groups is 1. The summed E-state index contributed by atoms with van der Waals surface area (Å²) in [5.74, 6) is 0. The largest absolute Gasteiger partial charge is 0.430 e. The van der Waals surface area contributed by atoms with Gasteiger partial charge < -0.3 is 5.11 Å². The topological polar surface area (TPSA) is 20.2 Å². The van der Waals surface area contributed by atoms with Crippen LogP contribution in [-0.4, -0.2) is 29.8 Å². The Morgan fingerprint density at radius 3 is 1.18 bits per heavy atom. The molecule has 0 unspecified atom stereocenters. The predicted octanol–water partition coefficient (Wildman–Crippen LogP) is 11.9. The van der Waals surface area contributed by atoms with Gasteiger partial charge in [-0.15, -0.1) is 0 Å². The molecule has 2 aromatic carbocycles. The van der Waals surface area contributed by atoms with Gasteiger partial charge in [0.05, 0.1) is 10.0 Å². The summed E-state index contributed by atoms with van der Waals surface area (Å²) in [6.07, 6.45) is -26.6. The van der Waals surface area contributed by atoms with Crippen LogP contribution in [0.25, 0.3) is 0 Å². The first-order chi connectivity index (χ1) is 19.6. The first kappa shape index (κ1) is 41.0. The Hall–Kier alpha value is -2.00. The number of hydrogen-bond acceptors (Lipinski definition) is 1. The average Bonchev–Trinajstić information content (AvgIpc) is 2.80. The van der Waals surface area contributed by atoms with Crippen molar-refractivity contribution in [1.82, 2.24) is 0 Å². The molecule has 0 saturated heterocycles. The van der Waals surface area contributed by atoms with E-state index in [4.69, 9.17) is 23.2 Å². The number of alkyl halides is 14. The van der Waals surface area contributed by atoms with Crippen LogP contribution in [0.2, 0.25) is 10.0 Å². The minimum atomic E-state index is -6.01. The van der Waals surface area contributed by atoms with Crippen LogP contribution in [0.3, 0.4) is 0 Å². The van der Waals surface area contributed by atoms with Gasteiger partial charge in [0, 0.05) is 11.1 Å². The lowest BCUT2D eigenvalue weighted by Gasteiger charge is -2.35. The fourth-order valence-electron chi connectivity index (χ4n) is 4.10. The highest BCUT2D eigenvalue weighted by atomic mass is 35.5. The Bertz CT molecular complexity index is 1310. The van der Waals surface area contributed by atoms with E-state index >= 15 is 0 Å². The van der Waals surface area contributed by atoms with Crippen molar-refractivity contribution in [2.45, 2.75) is 101 Å².